The number of carbonyl (C=O) groups excluding carboxylic acids is 2. The van der Waals surface area contributed by atoms with E-state index in [1.165, 1.54) is 12.2 Å². The number of halogens is 1. The lowest BCUT2D eigenvalue weighted by Crippen LogP contribution is -2.69. The van der Waals surface area contributed by atoms with Gasteiger partial charge in [-0.25, -0.2) is 9.18 Å². The smallest absolute Gasteiger partial charge is 0.375 e. The molecule has 1 spiro atoms. The number of hydrogen-bond acceptors (Lipinski definition) is 6. The molecule has 0 aromatic rings. The molecule has 5 rings (SSSR count). The Balaban J connectivity index is 1.63. The van der Waals surface area contributed by atoms with Crippen LogP contribution in [0.5, 0.6) is 0 Å². The van der Waals surface area contributed by atoms with Gasteiger partial charge >= 0.3 is 5.97 Å². The van der Waals surface area contributed by atoms with Gasteiger partial charge in [0.15, 0.2) is 17.1 Å². The molecular weight excluding hydrogens is 419 g/mol. The maximum Gasteiger partial charge on any atom is 0.375 e. The quantitative estimate of drug-likeness (QED) is 0.566. The van der Waals surface area contributed by atoms with Gasteiger partial charge in [-0.15, -0.1) is 0 Å². The molecule has 0 bridgehead atoms. The maximum absolute atomic E-state index is 17.1. The van der Waals surface area contributed by atoms with E-state index in [9.17, 15) is 29.7 Å². The lowest BCUT2D eigenvalue weighted by Gasteiger charge is -2.62. The van der Waals surface area contributed by atoms with Crippen LogP contribution in [-0.2, 0) is 19.1 Å². The summed E-state index contributed by atoms with van der Waals surface area (Å²) in [6, 6.07) is 0. The molecule has 1 unspecified atom stereocenters. The number of aliphatic hydroxyl groups is 2. The Morgan fingerprint density at radius 2 is 1.94 bits per heavy atom. The molecule has 3 saturated carbocycles. The molecule has 7 nitrogen and oxygen atoms in total. The Kier molecular flexibility index (Phi) is 4.07. The lowest BCUT2D eigenvalue weighted by atomic mass is 9.44. The molecule has 5 aliphatic rings. The lowest BCUT2D eigenvalue weighted by molar-refractivity contribution is -0.218. The number of alkyl halides is 1. The first-order chi connectivity index (χ1) is 14.8. The predicted octanol–water partition coefficient (Wildman–Crippen LogP) is 2.80. The van der Waals surface area contributed by atoms with Crippen molar-refractivity contribution >= 4 is 17.5 Å². The van der Waals surface area contributed by atoms with Crippen LogP contribution in [0, 0.1) is 28.6 Å². The summed E-state index contributed by atoms with van der Waals surface area (Å²) in [6.45, 7) is 5.20. The molecule has 3 fully saturated rings. The van der Waals surface area contributed by atoms with Gasteiger partial charge < -0.3 is 20.1 Å². The van der Waals surface area contributed by atoms with Crippen LogP contribution >= 0.6 is 0 Å². The van der Waals surface area contributed by atoms with Crippen LogP contribution in [0.25, 0.3) is 0 Å². The average Bonchev–Trinajstić information content (AvgIpc) is 3.11. The monoisotopic (exact) mass is 446 g/mol. The summed E-state index contributed by atoms with van der Waals surface area (Å²) >= 11 is 0. The number of ether oxygens (including phenoxy) is 1. The Morgan fingerprint density at radius 3 is 2.56 bits per heavy atom. The third-order valence-electron chi connectivity index (χ3n) is 9.41. The highest BCUT2D eigenvalue weighted by molar-refractivity contribution is 6.09. The number of ketones is 2. The van der Waals surface area contributed by atoms with Crippen molar-refractivity contribution in [3.8, 4) is 0 Å². The number of carboxylic acid groups (broad SMARTS) is 1. The predicted molar refractivity (Wildman–Crippen MR) is 109 cm³/mol. The minimum Gasteiger partial charge on any atom is -0.501 e. The summed E-state index contributed by atoms with van der Waals surface area (Å²) < 4.78 is 22.9. The summed E-state index contributed by atoms with van der Waals surface area (Å²) in [4.78, 5) is 36.8. The van der Waals surface area contributed by atoms with Crippen molar-refractivity contribution in [2.75, 3.05) is 0 Å². The largest absolute Gasteiger partial charge is 0.501 e. The van der Waals surface area contributed by atoms with Crippen molar-refractivity contribution < 1.29 is 38.8 Å². The third kappa shape index (κ3) is 2.08. The van der Waals surface area contributed by atoms with E-state index in [0.717, 1.165) is 0 Å². The van der Waals surface area contributed by atoms with Crippen LogP contribution in [0.3, 0.4) is 0 Å². The number of carbonyl (C=O) groups is 3. The number of hydrogen-bond donors (Lipinski definition) is 3. The Morgan fingerprint density at radius 1 is 1.25 bits per heavy atom. The van der Waals surface area contributed by atoms with Crippen LogP contribution in [0.15, 0.2) is 35.3 Å². The molecule has 0 aromatic carbocycles. The molecule has 172 valence electrons. The highest BCUT2D eigenvalue weighted by Gasteiger charge is 2.78. The zero-order chi connectivity index (χ0) is 23.4. The summed E-state index contributed by atoms with van der Waals surface area (Å²) in [5, 5.41) is 31.0. The topological polar surface area (TPSA) is 121 Å². The molecule has 4 aliphatic carbocycles. The second-order valence-electron chi connectivity index (χ2n) is 10.6. The Hall–Kier alpha value is -2.48. The van der Waals surface area contributed by atoms with E-state index >= 15 is 4.39 Å². The van der Waals surface area contributed by atoms with Crippen molar-refractivity contribution in [1.29, 1.82) is 0 Å². The van der Waals surface area contributed by atoms with E-state index < -0.39 is 63.3 Å². The number of fused-ring (bicyclic) bond motifs is 6. The number of aliphatic hydroxyl groups excluding tert-OH is 2. The summed E-state index contributed by atoms with van der Waals surface area (Å²) in [5.74, 6) is -5.78. The number of carboxylic acids is 1. The molecule has 1 heterocycles. The van der Waals surface area contributed by atoms with Gasteiger partial charge in [0.1, 0.15) is 0 Å². The molecule has 1 aliphatic heterocycles. The van der Waals surface area contributed by atoms with Gasteiger partial charge in [-0.1, -0.05) is 25.5 Å². The van der Waals surface area contributed by atoms with Gasteiger partial charge in [0.05, 0.1) is 6.10 Å². The Bertz CT molecular complexity index is 1060. The molecular formula is C24H27FO7. The highest BCUT2D eigenvalue weighted by atomic mass is 19.1. The van der Waals surface area contributed by atoms with Crippen molar-refractivity contribution in [1.82, 2.24) is 0 Å². The number of rotatable bonds is 1. The van der Waals surface area contributed by atoms with Crippen molar-refractivity contribution in [3.63, 3.8) is 0 Å². The van der Waals surface area contributed by atoms with E-state index in [-0.39, 0.29) is 18.1 Å². The van der Waals surface area contributed by atoms with Gasteiger partial charge in [0.25, 0.3) is 5.76 Å². The third-order valence-corrected chi connectivity index (χ3v) is 9.41. The van der Waals surface area contributed by atoms with E-state index in [2.05, 4.69) is 0 Å². The zero-order valence-corrected chi connectivity index (χ0v) is 18.2. The fourth-order valence-corrected chi connectivity index (χ4v) is 7.91. The van der Waals surface area contributed by atoms with Gasteiger partial charge in [-0.2, -0.15) is 0 Å². The minimum atomic E-state index is -2.06. The van der Waals surface area contributed by atoms with Gasteiger partial charge in [-0.05, 0) is 50.7 Å². The molecule has 0 saturated heterocycles. The normalized spacial score (nSPS) is 49.5. The maximum atomic E-state index is 17.1. The molecule has 8 heteroatoms. The van der Waals surface area contributed by atoms with Gasteiger partial charge in [-0.3, -0.25) is 9.59 Å². The van der Waals surface area contributed by atoms with Crippen LogP contribution < -0.4 is 0 Å². The highest BCUT2D eigenvalue weighted by Crippen LogP contribution is 2.72. The minimum absolute atomic E-state index is 0.133. The zero-order valence-electron chi connectivity index (χ0n) is 18.2. The summed E-state index contributed by atoms with van der Waals surface area (Å²) in [6.07, 6.45) is 4.02. The second-order valence-corrected chi connectivity index (χ2v) is 10.6. The first-order valence-corrected chi connectivity index (χ1v) is 11.1. The average molecular weight is 446 g/mol. The van der Waals surface area contributed by atoms with E-state index in [4.69, 9.17) is 4.74 Å². The van der Waals surface area contributed by atoms with Gasteiger partial charge in [0, 0.05) is 22.7 Å². The van der Waals surface area contributed by atoms with E-state index in [1.807, 2.05) is 0 Å². The van der Waals surface area contributed by atoms with Gasteiger partial charge in [0.2, 0.25) is 11.5 Å². The van der Waals surface area contributed by atoms with Crippen molar-refractivity contribution in [2.45, 2.75) is 63.8 Å². The molecule has 0 aromatic heterocycles. The SMILES string of the molecule is C[C@H]1C[C@H]2[C@@H]3CCC4=CC(=O)C=C[C@]4(C)[C@@]3(F)C(O)C[C@]2(C)[C@]12OC(C(=O)O)=C(O)C2=O. The first kappa shape index (κ1) is 21.4. The van der Waals surface area contributed by atoms with Crippen LogP contribution in [0.4, 0.5) is 4.39 Å². The molecule has 32 heavy (non-hydrogen) atoms. The van der Waals surface area contributed by atoms with Crippen molar-refractivity contribution in [3.05, 3.63) is 35.3 Å². The standard InChI is InChI=1S/C24H27FO7/c1-11-8-15-14-5-4-12-9-13(26)6-7-21(12,2)23(14,25)16(27)10-22(15,3)24(11)19(29)17(28)18(32-24)20(30)31/h6-7,9,11,14-16,27-28H,4-5,8,10H2,1-3H3,(H,30,31)/t11-,14-,15-,16?,21-,22-,23-,24-/m0/s1. The summed E-state index contributed by atoms with van der Waals surface area (Å²) in [7, 11) is 0. The molecule has 0 radical (unpaired) electrons. The fraction of sp³-hybridized carbons (Fsp3) is 0.625. The fourth-order valence-electron chi connectivity index (χ4n) is 7.91. The van der Waals surface area contributed by atoms with E-state index in [0.29, 0.717) is 24.8 Å². The van der Waals surface area contributed by atoms with Crippen molar-refractivity contribution in [2.24, 2.45) is 28.6 Å². The molecule has 3 N–H and O–H groups in total. The van der Waals surface area contributed by atoms with Crippen LogP contribution in [0.1, 0.15) is 46.5 Å². The van der Waals surface area contributed by atoms with Crippen LogP contribution in [0.2, 0.25) is 0 Å². The Labute approximate surface area is 184 Å². The molecule has 0 amide bonds. The van der Waals surface area contributed by atoms with E-state index in [1.54, 1.807) is 26.8 Å². The summed E-state index contributed by atoms with van der Waals surface area (Å²) in [5.41, 5.74) is -5.31. The first-order valence-electron chi connectivity index (χ1n) is 11.1. The number of allylic oxidation sites excluding steroid dienone is 4. The molecule has 8 atom stereocenters. The number of aliphatic carboxylic acids is 1. The second kappa shape index (κ2) is 6.10. The van der Waals surface area contributed by atoms with Crippen LogP contribution in [-0.4, -0.2) is 50.2 Å². The number of Topliss-reactive ketones (excluding diaryl/α,β-unsaturated/α-hetero) is 1.